The number of carboxylic acid groups (broad SMARTS) is 1. The number of phenols is 1. The number of carboxylic acids is 1. The van der Waals surface area contributed by atoms with Crippen LogP contribution in [0.3, 0.4) is 0 Å². The minimum absolute atomic E-state index is 0.0456. The van der Waals surface area contributed by atoms with Crippen molar-refractivity contribution in [2.75, 3.05) is 6.61 Å². The lowest BCUT2D eigenvalue weighted by atomic mass is 9.91. The van der Waals surface area contributed by atoms with Crippen LogP contribution in [0, 0.1) is 0 Å². The molecule has 124 valence electrons. The normalized spacial score (nSPS) is 19.8. The standard InChI is InChI=1S/C16H19NO6/c1-2-3-8-22-14(19)10-16(15(20)21)9-13(17-23-16)11-4-6-12(18)7-5-11/h4-7,18H,2-3,8-10H2,1H3,(H,20,21). The molecule has 1 aliphatic rings. The van der Waals surface area contributed by atoms with Crippen LogP contribution in [0.15, 0.2) is 29.4 Å². The molecule has 0 fully saturated rings. The van der Waals surface area contributed by atoms with Crippen LogP contribution in [-0.4, -0.2) is 40.1 Å². The van der Waals surface area contributed by atoms with Gasteiger partial charge in [0.2, 0.25) is 5.60 Å². The van der Waals surface area contributed by atoms with Crippen LogP contribution in [-0.2, 0) is 19.2 Å². The number of aliphatic carboxylic acids is 1. The Hall–Kier alpha value is -2.57. The molecule has 2 N–H and O–H groups in total. The van der Waals surface area contributed by atoms with Crippen LogP contribution in [0.5, 0.6) is 5.75 Å². The SMILES string of the molecule is CCCCOC(=O)CC1(C(=O)O)CC(c2ccc(O)cc2)=NO1. The number of nitrogens with zero attached hydrogens (tertiary/aromatic N) is 1. The van der Waals surface area contributed by atoms with E-state index in [1.54, 1.807) is 12.1 Å². The Morgan fingerprint density at radius 2 is 2.04 bits per heavy atom. The Bertz CT molecular complexity index is 610. The fourth-order valence-electron chi connectivity index (χ4n) is 2.19. The highest BCUT2D eigenvalue weighted by molar-refractivity contribution is 6.05. The molecular weight excluding hydrogens is 302 g/mol. The Labute approximate surface area is 133 Å². The molecule has 0 bridgehead atoms. The summed E-state index contributed by atoms with van der Waals surface area (Å²) < 4.78 is 5.01. The van der Waals surface area contributed by atoms with E-state index in [2.05, 4.69) is 5.16 Å². The van der Waals surface area contributed by atoms with Crippen LogP contribution in [0.25, 0.3) is 0 Å². The highest BCUT2D eigenvalue weighted by atomic mass is 16.7. The maximum absolute atomic E-state index is 11.8. The van der Waals surface area contributed by atoms with Crippen molar-refractivity contribution in [1.82, 2.24) is 0 Å². The smallest absolute Gasteiger partial charge is 0.351 e. The summed E-state index contributed by atoms with van der Waals surface area (Å²) in [7, 11) is 0. The van der Waals surface area contributed by atoms with Crippen LogP contribution in [0.4, 0.5) is 0 Å². The van der Waals surface area contributed by atoms with Gasteiger partial charge in [0.1, 0.15) is 5.75 Å². The van der Waals surface area contributed by atoms with E-state index < -0.39 is 24.0 Å². The second-order valence-electron chi connectivity index (χ2n) is 5.40. The Morgan fingerprint density at radius 3 is 2.65 bits per heavy atom. The number of oxime groups is 1. The van der Waals surface area contributed by atoms with Gasteiger partial charge in [0.05, 0.1) is 18.7 Å². The van der Waals surface area contributed by atoms with Crippen LogP contribution in [0.1, 0.15) is 38.2 Å². The molecule has 0 saturated carbocycles. The van der Waals surface area contributed by atoms with Crippen molar-refractivity contribution in [2.45, 2.75) is 38.2 Å². The van der Waals surface area contributed by atoms with Crippen molar-refractivity contribution >= 4 is 17.7 Å². The van der Waals surface area contributed by atoms with E-state index in [1.807, 2.05) is 6.92 Å². The van der Waals surface area contributed by atoms with E-state index in [0.717, 1.165) is 12.8 Å². The molecule has 0 aliphatic carbocycles. The molecule has 1 aliphatic heterocycles. The van der Waals surface area contributed by atoms with E-state index in [-0.39, 0.29) is 18.8 Å². The van der Waals surface area contributed by atoms with Crippen LogP contribution < -0.4 is 0 Å². The monoisotopic (exact) mass is 321 g/mol. The number of aromatic hydroxyl groups is 1. The number of ether oxygens (including phenoxy) is 1. The molecule has 1 heterocycles. The molecule has 7 nitrogen and oxygen atoms in total. The van der Waals surface area contributed by atoms with Crippen molar-refractivity contribution < 1.29 is 29.4 Å². The van der Waals surface area contributed by atoms with Crippen molar-refractivity contribution in [2.24, 2.45) is 5.16 Å². The van der Waals surface area contributed by atoms with Crippen molar-refractivity contribution in [1.29, 1.82) is 0 Å². The van der Waals surface area contributed by atoms with E-state index in [4.69, 9.17) is 9.57 Å². The van der Waals surface area contributed by atoms with Crippen LogP contribution in [0.2, 0.25) is 0 Å². The quantitative estimate of drug-likeness (QED) is 0.588. The summed E-state index contributed by atoms with van der Waals surface area (Å²) >= 11 is 0. The third-order valence-electron chi connectivity index (χ3n) is 3.56. The summed E-state index contributed by atoms with van der Waals surface area (Å²) in [6, 6.07) is 6.15. The van der Waals surface area contributed by atoms with Gasteiger partial charge >= 0.3 is 11.9 Å². The molecule has 1 aromatic rings. The van der Waals surface area contributed by atoms with E-state index in [0.29, 0.717) is 11.3 Å². The first kappa shape index (κ1) is 16.8. The zero-order chi connectivity index (χ0) is 16.9. The average Bonchev–Trinajstić information content (AvgIpc) is 2.94. The summed E-state index contributed by atoms with van der Waals surface area (Å²) in [4.78, 5) is 28.5. The lowest BCUT2D eigenvalue weighted by Gasteiger charge is -2.20. The van der Waals surface area contributed by atoms with E-state index in [1.165, 1.54) is 12.1 Å². The second kappa shape index (κ2) is 7.13. The summed E-state index contributed by atoms with van der Waals surface area (Å²) in [6.07, 6.45) is 1.15. The minimum atomic E-state index is -1.74. The molecule has 23 heavy (non-hydrogen) atoms. The predicted octanol–water partition coefficient (Wildman–Crippen LogP) is 2.07. The molecular formula is C16H19NO6. The molecule has 0 aromatic heterocycles. The van der Waals surface area contributed by atoms with Gasteiger partial charge in [0.25, 0.3) is 0 Å². The van der Waals surface area contributed by atoms with Crippen molar-refractivity contribution in [3.8, 4) is 5.75 Å². The molecule has 7 heteroatoms. The topological polar surface area (TPSA) is 105 Å². The number of phenolic OH excluding ortho intramolecular Hbond substituents is 1. The lowest BCUT2D eigenvalue weighted by molar-refractivity contribution is -0.171. The number of rotatable bonds is 7. The Morgan fingerprint density at radius 1 is 1.35 bits per heavy atom. The fourth-order valence-corrected chi connectivity index (χ4v) is 2.19. The average molecular weight is 321 g/mol. The predicted molar refractivity (Wildman–Crippen MR) is 81.2 cm³/mol. The van der Waals surface area contributed by atoms with Gasteiger partial charge in [-0.25, -0.2) is 4.79 Å². The third-order valence-corrected chi connectivity index (χ3v) is 3.56. The fraction of sp³-hybridized carbons (Fsp3) is 0.438. The van der Waals surface area contributed by atoms with Crippen molar-refractivity contribution in [3.05, 3.63) is 29.8 Å². The maximum atomic E-state index is 11.8. The molecule has 1 unspecified atom stereocenters. The molecule has 1 aromatic carbocycles. The van der Waals surface area contributed by atoms with Gasteiger partial charge in [-0.3, -0.25) is 4.79 Å². The minimum Gasteiger partial charge on any atom is -0.508 e. The Kier molecular flexibility index (Phi) is 5.20. The molecule has 1 atom stereocenters. The van der Waals surface area contributed by atoms with Gasteiger partial charge < -0.3 is 19.8 Å². The van der Waals surface area contributed by atoms with Gasteiger partial charge in [-0.2, -0.15) is 0 Å². The molecule has 0 spiro atoms. The number of esters is 1. The molecule has 0 saturated heterocycles. The first-order chi connectivity index (χ1) is 11.0. The number of carbonyl (C=O) groups excluding carboxylic acids is 1. The highest BCUT2D eigenvalue weighted by Gasteiger charge is 2.49. The molecule has 0 amide bonds. The summed E-state index contributed by atoms with van der Waals surface area (Å²) in [5.41, 5.74) is -0.699. The first-order valence-electron chi connectivity index (χ1n) is 7.40. The maximum Gasteiger partial charge on any atom is 0.351 e. The largest absolute Gasteiger partial charge is 0.508 e. The summed E-state index contributed by atoms with van der Waals surface area (Å²) in [5, 5.41) is 22.5. The summed E-state index contributed by atoms with van der Waals surface area (Å²) in [5.74, 6) is -1.79. The van der Waals surface area contributed by atoms with E-state index in [9.17, 15) is 19.8 Å². The van der Waals surface area contributed by atoms with Gasteiger partial charge in [0.15, 0.2) is 0 Å². The number of hydrogen-bond donors (Lipinski definition) is 2. The first-order valence-corrected chi connectivity index (χ1v) is 7.40. The van der Waals surface area contributed by atoms with Crippen molar-refractivity contribution in [3.63, 3.8) is 0 Å². The lowest BCUT2D eigenvalue weighted by Crippen LogP contribution is -2.41. The second-order valence-corrected chi connectivity index (χ2v) is 5.40. The number of carbonyl (C=O) groups is 2. The van der Waals surface area contributed by atoms with Gasteiger partial charge in [-0.1, -0.05) is 18.5 Å². The third kappa shape index (κ3) is 4.00. The molecule has 2 rings (SSSR count). The highest BCUT2D eigenvalue weighted by Crippen LogP contribution is 2.31. The van der Waals surface area contributed by atoms with Crippen LogP contribution >= 0.6 is 0 Å². The van der Waals surface area contributed by atoms with Gasteiger partial charge in [-0.15, -0.1) is 0 Å². The number of benzene rings is 1. The van der Waals surface area contributed by atoms with Gasteiger partial charge in [-0.05, 0) is 36.2 Å². The van der Waals surface area contributed by atoms with E-state index >= 15 is 0 Å². The number of hydrogen-bond acceptors (Lipinski definition) is 6. The molecule has 0 radical (unpaired) electrons. The summed E-state index contributed by atoms with van der Waals surface area (Å²) in [6.45, 7) is 2.22. The zero-order valence-electron chi connectivity index (χ0n) is 12.8. The number of unbranched alkanes of at least 4 members (excludes halogenated alkanes) is 1. The zero-order valence-corrected chi connectivity index (χ0v) is 12.8. The Balaban J connectivity index is 2.05. The van der Waals surface area contributed by atoms with Gasteiger partial charge in [0, 0.05) is 6.42 Å².